The molecule has 0 bridgehead atoms. The van der Waals surface area contributed by atoms with Gasteiger partial charge in [0.05, 0.1) is 12.7 Å². The minimum atomic E-state index is -0.512. The Labute approximate surface area is 120 Å². The Morgan fingerprint density at radius 2 is 2.16 bits per heavy atom. The fourth-order valence-electron chi connectivity index (χ4n) is 1.36. The number of carbonyl (C=O) groups excluding carboxylic acids is 2. The van der Waals surface area contributed by atoms with Crippen LogP contribution in [0.25, 0.3) is 6.08 Å². The smallest absolute Gasteiger partial charge is 0.339 e. The first-order valence-electron chi connectivity index (χ1n) is 5.43. The van der Waals surface area contributed by atoms with Gasteiger partial charge in [-0.3, -0.25) is 4.79 Å². The Morgan fingerprint density at radius 3 is 2.74 bits per heavy atom. The van der Waals surface area contributed by atoms with Crippen molar-refractivity contribution in [2.24, 2.45) is 0 Å². The van der Waals surface area contributed by atoms with E-state index in [0.717, 1.165) is 0 Å². The first-order valence-corrected chi connectivity index (χ1v) is 6.79. The lowest BCUT2D eigenvalue weighted by atomic mass is 10.1. The van der Waals surface area contributed by atoms with E-state index in [1.54, 1.807) is 18.2 Å². The van der Waals surface area contributed by atoms with E-state index in [1.807, 2.05) is 0 Å². The average molecular weight is 300 g/mol. The number of carbonyl (C=O) groups is 2. The van der Waals surface area contributed by atoms with Crippen molar-refractivity contribution in [3.05, 3.63) is 34.4 Å². The van der Waals surface area contributed by atoms with Crippen LogP contribution >= 0.6 is 23.4 Å². The van der Waals surface area contributed by atoms with Crippen molar-refractivity contribution in [2.75, 3.05) is 18.6 Å². The molecule has 0 spiro atoms. The number of nitrogens with two attached hydrogens (primary N) is 1. The molecule has 0 amide bonds. The maximum atomic E-state index is 11.5. The highest BCUT2D eigenvalue weighted by Gasteiger charge is 2.12. The number of halogens is 1. The quantitative estimate of drug-likeness (QED) is 0.683. The van der Waals surface area contributed by atoms with Crippen molar-refractivity contribution in [1.29, 1.82) is 0 Å². The zero-order chi connectivity index (χ0) is 14.4. The van der Waals surface area contributed by atoms with Gasteiger partial charge in [0, 0.05) is 23.4 Å². The molecule has 1 aromatic rings. The van der Waals surface area contributed by atoms with E-state index in [4.69, 9.17) is 17.3 Å². The van der Waals surface area contributed by atoms with Crippen LogP contribution in [-0.4, -0.2) is 23.9 Å². The monoisotopic (exact) mass is 299 g/mol. The molecule has 102 valence electrons. The average Bonchev–Trinajstić information content (AvgIpc) is 2.35. The van der Waals surface area contributed by atoms with Gasteiger partial charge in [-0.1, -0.05) is 35.5 Å². The number of esters is 1. The van der Waals surface area contributed by atoms with E-state index < -0.39 is 5.97 Å². The number of rotatable bonds is 4. The van der Waals surface area contributed by atoms with Gasteiger partial charge in [-0.2, -0.15) is 0 Å². The lowest BCUT2D eigenvalue weighted by Gasteiger charge is -2.07. The van der Waals surface area contributed by atoms with Crippen LogP contribution < -0.4 is 5.73 Å². The molecule has 0 aliphatic rings. The summed E-state index contributed by atoms with van der Waals surface area (Å²) in [6, 6.07) is 3.07. The van der Waals surface area contributed by atoms with Gasteiger partial charge in [0.15, 0.2) is 5.12 Å². The Kier molecular flexibility index (Phi) is 5.92. The fraction of sp³-hybridized carbons (Fsp3) is 0.231. The van der Waals surface area contributed by atoms with Gasteiger partial charge in [0.1, 0.15) is 0 Å². The van der Waals surface area contributed by atoms with Crippen LogP contribution in [0.4, 0.5) is 5.69 Å². The fourth-order valence-corrected chi connectivity index (χ4v) is 2.02. The van der Waals surface area contributed by atoms with Gasteiger partial charge in [-0.05, 0) is 17.7 Å². The highest BCUT2D eigenvalue weighted by molar-refractivity contribution is 8.13. The Bertz CT molecular complexity index is 529. The number of hydrogen-bond donors (Lipinski definition) is 1. The van der Waals surface area contributed by atoms with E-state index in [2.05, 4.69) is 4.74 Å². The molecular formula is C13H14ClNO3S. The summed E-state index contributed by atoms with van der Waals surface area (Å²) in [5.41, 5.74) is 6.90. The Balaban J connectivity index is 2.95. The minimum absolute atomic E-state index is 0.0447. The molecule has 2 N–H and O–H groups in total. The Hall–Kier alpha value is -1.46. The number of benzene rings is 1. The number of nitrogen functional groups attached to an aromatic ring is 1. The first-order chi connectivity index (χ1) is 8.95. The molecule has 0 aromatic heterocycles. The number of hydrogen-bond acceptors (Lipinski definition) is 5. The molecule has 0 atom stereocenters. The van der Waals surface area contributed by atoms with Gasteiger partial charge in [0.25, 0.3) is 0 Å². The van der Waals surface area contributed by atoms with Crippen molar-refractivity contribution in [1.82, 2.24) is 0 Å². The number of methoxy groups -OCH3 is 1. The summed E-state index contributed by atoms with van der Waals surface area (Å²) >= 11 is 7.22. The summed E-state index contributed by atoms with van der Waals surface area (Å²) in [5.74, 6) is 0.0331. The van der Waals surface area contributed by atoms with Gasteiger partial charge in [0.2, 0.25) is 0 Å². The second-order valence-electron chi connectivity index (χ2n) is 3.66. The second kappa shape index (κ2) is 7.21. The van der Waals surface area contributed by atoms with Crippen LogP contribution in [0, 0.1) is 0 Å². The van der Waals surface area contributed by atoms with Crippen LogP contribution in [0.1, 0.15) is 22.8 Å². The number of ether oxygens (including phenoxy) is 1. The largest absolute Gasteiger partial charge is 0.465 e. The standard InChI is InChI=1S/C13H14ClNO3S/c1-8(16)19-5-3-4-9-6-10(13(17)18-2)12(15)7-11(9)14/h3-4,6-7H,5,15H2,1-2H3. The zero-order valence-electron chi connectivity index (χ0n) is 10.6. The molecule has 0 saturated carbocycles. The molecule has 0 aliphatic heterocycles. The minimum Gasteiger partial charge on any atom is -0.465 e. The normalized spacial score (nSPS) is 10.7. The van der Waals surface area contributed by atoms with Crippen LogP contribution in [0.3, 0.4) is 0 Å². The summed E-state index contributed by atoms with van der Waals surface area (Å²) in [4.78, 5) is 22.3. The first kappa shape index (κ1) is 15.6. The Morgan fingerprint density at radius 1 is 1.47 bits per heavy atom. The second-order valence-corrected chi connectivity index (χ2v) is 5.26. The van der Waals surface area contributed by atoms with Crippen molar-refractivity contribution < 1.29 is 14.3 Å². The predicted molar refractivity (Wildman–Crippen MR) is 79.4 cm³/mol. The number of anilines is 1. The topological polar surface area (TPSA) is 69.4 Å². The van der Waals surface area contributed by atoms with E-state index in [9.17, 15) is 9.59 Å². The molecule has 19 heavy (non-hydrogen) atoms. The molecule has 1 aromatic carbocycles. The highest BCUT2D eigenvalue weighted by Crippen LogP contribution is 2.25. The molecule has 1 rings (SSSR count). The molecule has 0 unspecified atom stereocenters. The van der Waals surface area contributed by atoms with E-state index >= 15 is 0 Å². The SMILES string of the molecule is COC(=O)c1cc(C=CCSC(C)=O)c(Cl)cc1N. The van der Waals surface area contributed by atoms with Crippen molar-refractivity contribution in [3.63, 3.8) is 0 Å². The number of thioether (sulfide) groups is 1. The molecular weight excluding hydrogens is 286 g/mol. The third-order valence-electron chi connectivity index (χ3n) is 2.25. The van der Waals surface area contributed by atoms with E-state index in [1.165, 1.54) is 31.9 Å². The molecule has 0 radical (unpaired) electrons. The maximum Gasteiger partial charge on any atom is 0.339 e. The van der Waals surface area contributed by atoms with E-state index in [-0.39, 0.29) is 16.4 Å². The summed E-state index contributed by atoms with van der Waals surface area (Å²) < 4.78 is 4.63. The summed E-state index contributed by atoms with van der Waals surface area (Å²) in [6.07, 6.45) is 3.54. The molecule has 0 heterocycles. The molecule has 0 fully saturated rings. The van der Waals surface area contributed by atoms with Gasteiger partial charge in [-0.15, -0.1) is 0 Å². The molecule has 0 aliphatic carbocycles. The third-order valence-corrected chi connectivity index (χ3v) is 3.35. The van der Waals surface area contributed by atoms with Crippen LogP contribution in [-0.2, 0) is 9.53 Å². The predicted octanol–water partition coefficient (Wildman–Crippen LogP) is 3.00. The summed E-state index contributed by atoms with van der Waals surface area (Å²) in [6.45, 7) is 1.50. The lowest BCUT2D eigenvalue weighted by Crippen LogP contribution is -2.06. The van der Waals surface area contributed by atoms with Crippen molar-refractivity contribution in [2.45, 2.75) is 6.92 Å². The van der Waals surface area contributed by atoms with Gasteiger partial charge >= 0.3 is 5.97 Å². The van der Waals surface area contributed by atoms with E-state index in [0.29, 0.717) is 16.3 Å². The maximum absolute atomic E-state index is 11.5. The van der Waals surface area contributed by atoms with Crippen LogP contribution in [0.15, 0.2) is 18.2 Å². The molecule has 4 nitrogen and oxygen atoms in total. The molecule has 0 saturated heterocycles. The summed E-state index contributed by atoms with van der Waals surface area (Å²) in [5, 5.41) is 0.484. The zero-order valence-corrected chi connectivity index (χ0v) is 12.2. The summed E-state index contributed by atoms with van der Waals surface area (Å²) in [7, 11) is 1.29. The van der Waals surface area contributed by atoms with Gasteiger partial charge < -0.3 is 10.5 Å². The van der Waals surface area contributed by atoms with Crippen molar-refractivity contribution >= 4 is 46.2 Å². The van der Waals surface area contributed by atoms with Crippen molar-refractivity contribution in [3.8, 4) is 0 Å². The van der Waals surface area contributed by atoms with Crippen LogP contribution in [0.2, 0.25) is 5.02 Å². The molecule has 6 heteroatoms. The third kappa shape index (κ3) is 4.61. The lowest BCUT2D eigenvalue weighted by molar-refractivity contribution is -0.109. The highest BCUT2D eigenvalue weighted by atomic mass is 35.5. The van der Waals surface area contributed by atoms with Gasteiger partial charge in [-0.25, -0.2) is 4.79 Å². The van der Waals surface area contributed by atoms with Crippen LogP contribution in [0.5, 0.6) is 0 Å².